The first kappa shape index (κ1) is 23.5. The van der Waals surface area contributed by atoms with Crippen molar-refractivity contribution >= 4 is 32.7 Å². The maximum atomic E-state index is 13.6. The molecule has 1 unspecified atom stereocenters. The number of aryl methyl sites for hydroxylation is 1. The van der Waals surface area contributed by atoms with Crippen LogP contribution in [0.25, 0.3) is 10.9 Å². The van der Waals surface area contributed by atoms with E-state index in [1.807, 2.05) is 37.4 Å². The van der Waals surface area contributed by atoms with Gasteiger partial charge in [-0.3, -0.25) is 9.78 Å². The molecule has 2 aliphatic heterocycles. The average Bonchev–Trinajstić information content (AvgIpc) is 3.42. The van der Waals surface area contributed by atoms with Gasteiger partial charge in [-0.1, -0.05) is 12.1 Å². The normalized spacial score (nSPS) is 21.8. The Morgan fingerprint density at radius 1 is 1.17 bits per heavy atom. The van der Waals surface area contributed by atoms with E-state index in [4.69, 9.17) is 4.74 Å². The van der Waals surface area contributed by atoms with Crippen molar-refractivity contribution in [3.8, 4) is 5.75 Å². The molecule has 2 saturated heterocycles. The van der Waals surface area contributed by atoms with Crippen LogP contribution in [0.5, 0.6) is 5.75 Å². The molecule has 36 heavy (non-hydrogen) atoms. The number of hydrogen-bond donors (Lipinski definition) is 1. The van der Waals surface area contributed by atoms with Crippen LogP contribution in [-0.4, -0.2) is 64.5 Å². The van der Waals surface area contributed by atoms with Crippen molar-refractivity contribution in [3.05, 3.63) is 65.4 Å². The molecule has 3 radical (unpaired) electrons. The van der Waals surface area contributed by atoms with Gasteiger partial charge in [0.15, 0.2) is 0 Å². The van der Waals surface area contributed by atoms with E-state index in [1.165, 1.54) is 24.1 Å². The highest BCUT2D eigenvalue weighted by Crippen LogP contribution is 2.49. The molecule has 1 N–H and O–H groups in total. The Morgan fingerprint density at radius 2 is 1.97 bits per heavy atom. The van der Waals surface area contributed by atoms with E-state index in [9.17, 15) is 4.79 Å². The van der Waals surface area contributed by atoms with E-state index < -0.39 is 0 Å². The summed E-state index contributed by atoms with van der Waals surface area (Å²) >= 11 is 0. The van der Waals surface area contributed by atoms with Gasteiger partial charge >= 0.3 is 0 Å². The number of carbonyl (C=O) groups excluding carboxylic acids is 1. The quantitative estimate of drug-likeness (QED) is 0.497. The zero-order valence-electron chi connectivity index (χ0n) is 21.1. The summed E-state index contributed by atoms with van der Waals surface area (Å²) in [5, 5.41) is 4.55. The molecule has 3 fully saturated rings. The molecule has 0 spiro atoms. The fourth-order valence-electron chi connectivity index (χ4n) is 5.66. The third-order valence-corrected chi connectivity index (χ3v) is 8.71. The lowest BCUT2D eigenvalue weighted by molar-refractivity contribution is 0.0562. The second-order valence-electron chi connectivity index (χ2n) is 10.6. The van der Waals surface area contributed by atoms with E-state index >= 15 is 0 Å². The van der Waals surface area contributed by atoms with Crippen LogP contribution < -0.4 is 15.0 Å². The number of likely N-dealkylation sites (tertiary alicyclic amines) is 1. The Kier molecular flexibility index (Phi) is 6.00. The van der Waals surface area contributed by atoms with Crippen molar-refractivity contribution < 1.29 is 9.53 Å². The molecule has 1 aliphatic carbocycles. The molecule has 3 aromatic rings. The summed E-state index contributed by atoms with van der Waals surface area (Å²) in [4.78, 5) is 23.0. The number of anilines is 1. The minimum absolute atomic E-state index is 0.0506. The number of benzene rings is 2. The van der Waals surface area contributed by atoms with E-state index in [-0.39, 0.29) is 17.2 Å². The maximum Gasteiger partial charge on any atom is 0.252 e. The molecular formula is C29H33N4O2Si. The molecule has 1 saturated carbocycles. The third kappa shape index (κ3) is 4.28. The lowest BCUT2D eigenvalue weighted by atomic mass is 9.97. The Balaban J connectivity index is 1.28. The van der Waals surface area contributed by atoms with Gasteiger partial charge in [0, 0.05) is 42.0 Å². The van der Waals surface area contributed by atoms with E-state index in [0.29, 0.717) is 17.4 Å². The van der Waals surface area contributed by atoms with Crippen LogP contribution in [0, 0.1) is 6.92 Å². The number of carbonyl (C=O) groups is 1. The Morgan fingerprint density at radius 3 is 2.67 bits per heavy atom. The third-order valence-electron chi connectivity index (χ3n) is 8.21. The fraction of sp³-hybridized carbons (Fsp3) is 0.448. The summed E-state index contributed by atoms with van der Waals surface area (Å²) in [5.74, 6) is 0.659. The SMILES string of the molecule is Cc1ccc(OC([Si])[C@@H]2CCN2C)cc1C(=O)NC1(c2cc(N3CCCC3)cc3ncccc23)CC1. The summed E-state index contributed by atoms with van der Waals surface area (Å²) in [6, 6.07) is 14.8. The number of fused-ring (bicyclic) bond motifs is 1. The second-order valence-corrected chi connectivity index (χ2v) is 11.2. The summed E-state index contributed by atoms with van der Waals surface area (Å²) < 4.78 is 6.17. The van der Waals surface area contributed by atoms with Crippen molar-refractivity contribution in [2.24, 2.45) is 0 Å². The van der Waals surface area contributed by atoms with E-state index in [0.717, 1.165) is 55.4 Å². The number of likely N-dealkylation sites (N-methyl/N-ethyl adjacent to an activating group) is 1. The number of nitrogens with one attached hydrogen (secondary N) is 1. The molecule has 6 rings (SSSR count). The van der Waals surface area contributed by atoms with Gasteiger partial charge in [-0.25, -0.2) is 0 Å². The predicted molar refractivity (Wildman–Crippen MR) is 144 cm³/mol. The summed E-state index contributed by atoms with van der Waals surface area (Å²) in [5.41, 5.74) is 4.53. The fourth-order valence-corrected chi connectivity index (χ4v) is 6.21. The van der Waals surface area contributed by atoms with Gasteiger partial charge < -0.3 is 19.9 Å². The van der Waals surface area contributed by atoms with Gasteiger partial charge in [-0.15, -0.1) is 0 Å². The molecule has 0 bridgehead atoms. The molecule has 1 aromatic heterocycles. The highest BCUT2D eigenvalue weighted by Gasteiger charge is 2.47. The molecule has 6 nitrogen and oxygen atoms in total. The first-order valence-corrected chi connectivity index (χ1v) is 13.7. The van der Waals surface area contributed by atoms with Crippen LogP contribution in [0.15, 0.2) is 48.7 Å². The Hall–Kier alpha value is -2.90. The van der Waals surface area contributed by atoms with Crippen LogP contribution in [0.1, 0.15) is 53.6 Å². The monoisotopic (exact) mass is 497 g/mol. The molecule has 3 heterocycles. The lowest BCUT2D eigenvalue weighted by Crippen LogP contribution is -2.53. The number of hydrogen-bond acceptors (Lipinski definition) is 5. The standard InChI is InChI=1S/C29H33N4O2Si/c1-19-7-8-21(35-28(36)26-9-15-32(26)2)18-23(19)27(34)31-29(10-11-29)24-16-20(33-13-3-4-14-33)17-25-22(24)6-5-12-30-25/h5-8,12,16-18,26,28H,3-4,9-11,13-15H2,1-2H3,(H,31,34)/t26-,28?/m0/s1. The second kappa shape index (κ2) is 9.20. The first-order chi connectivity index (χ1) is 17.4. The van der Waals surface area contributed by atoms with E-state index in [2.05, 4.69) is 55.6 Å². The Labute approximate surface area is 216 Å². The number of rotatable bonds is 7. The van der Waals surface area contributed by atoms with Gasteiger partial charge in [0.1, 0.15) is 5.75 Å². The predicted octanol–water partition coefficient (Wildman–Crippen LogP) is 4.14. The van der Waals surface area contributed by atoms with Crippen LogP contribution in [0.3, 0.4) is 0 Å². The van der Waals surface area contributed by atoms with Gasteiger partial charge in [-0.2, -0.15) is 0 Å². The molecule has 2 atom stereocenters. The summed E-state index contributed by atoms with van der Waals surface area (Å²) in [7, 11) is 5.85. The average molecular weight is 498 g/mol. The summed E-state index contributed by atoms with van der Waals surface area (Å²) in [6.45, 7) is 5.22. The van der Waals surface area contributed by atoms with E-state index in [1.54, 1.807) is 0 Å². The number of ether oxygens (including phenoxy) is 1. The molecule has 185 valence electrons. The smallest absolute Gasteiger partial charge is 0.252 e. The van der Waals surface area contributed by atoms with Crippen LogP contribution >= 0.6 is 0 Å². The van der Waals surface area contributed by atoms with Crippen molar-refractivity contribution in [3.63, 3.8) is 0 Å². The molecule has 1 amide bonds. The zero-order chi connectivity index (χ0) is 24.9. The highest BCUT2D eigenvalue weighted by molar-refractivity contribution is 6.11. The zero-order valence-corrected chi connectivity index (χ0v) is 22.1. The topological polar surface area (TPSA) is 57.7 Å². The molecule has 3 aliphatic rings. The number of aromatic nitrogens is 1. The minimum Gasteiger partial charge on any atom is -0.493 e. The van der Waals surface area contributed by atoms with Gasteiger partial charge in [0.25, 0.3) is 5.91 Å². The minimum atomic E-state index is -0.357. The number of pyridine rings is 1. The van der Waals surface area contributed by atoms with Crippen molar-refractivity contribution in [1.82, 2.24) is 15.2 Å². The highest BCUT2D eigenvalue weighted by atomic mass is 28.1. The molecule has 2 aromatic carbocycles. The maximum absolute atomic E-state index is 13.6. The van der Waals surface area contributed by atoms with Gasteiger partial charge in [0.05, 0.1) is 27.0 Å². The number of nitrogens with zero attached hydrogens (tertiary/aromatic N) is 3. The van der Waals surface area contributed by atoms with Crippen LogP contribution in [0.2, 0.25) is 0 Å². The molecular weight excluding hydrogens is 464 g/mol. The van der Waals surface area contributed by atoms with Gasteiger partial charge in [-0.05, 0) is 94.1 Å². The van der Waals surface area contributed by atoms with Gasteiger partial charge in [0.2, 0.25) is 0 Å². The summed E-state index contributed by atoms with van der Waals surface area (Å²) in [6.07, 6.45) is 7.26. The first-order valence-electron chi connectivity index (χ1n) is 13.1. The van der Waals surface area contributed by atoms with Crippen molar-refractivity contribution in [2.75, 3.05) is 31.6 Å². The van der Waals surface area contributed by atoms with Crippen LogP contribution in [-0.2, 0) is 5.54 Å². The molecule has 7 heteroatoms. The Bertz CT molecular complexity index is 1300. The van der Waals surface area contributed by atoms with Crippen LogP contribution in [0.4, 0.5) is 5.69 Å². The lowest BCUT2D eigenvalue weighted by Gasteiger charge is -2.41. The van der Waals surface area contributed by atoms with Crippen molar-refractivity contribution in [1.29, 1.82) is 0 Å². The van der Waals surface area contributed by atoms with Crippen molar-refractivity contribution in [2.45, 2.75) is 56.3 Å². The largest absolute Gasteiger partial charge is 0.493 e. The number of amides is 1.